The lowest BCUT2D eigenvalue weighted by atomic mass is 10.2. The SMILES string of the molecule is COc1ccc(C=Cc2nc(SCC(=O)Nc3ccccc3)n[nH]2)cc1OC. The van der Waals surface area contributed by atoms with Crippen molar-refractivity contribution in [3.8, 4) is 11.5 Å². The van der Waals surface area contributed by atoms with Gasteiger partial charge in [-0.05, 0) is 35.9 Å². The van der Waals surface area contributed by atoms with Gasteiger partial charge in [-0.1, -0.05) is 42.1 Å². The number of ether oxygens (including phenoxy) is 2. The fraction of sp³-hybridized carbons (Fsp3) is 0.150. The van der Waals surface area contributed by atoms with Gasteiger partial charge >= 0.3 is 0 Å². The molecule has 0 aliphatic rings. The summed E-state index contributed by atoms with van der Waals surface area (Å²) >= 11 is 1.27. The third kappa shape index (κ3) is 5.37. The Bertz CT molecular complexity index is 957. The lowest BCUT2D eigenvalue weighted by Gasteiger charge is -2.07. The monoisotopic (exact) mass is 396 g/mol. The number of hydrogen-bond donors (Lipinski definition) is 2. The van der Waals surface area contributed by atoms with Crippen LogP contribution in [-0.4, -0.2) is 41.1 Å². The Kier molecular flexibility index (Phi) is 6.69. The molecule has 2 aromatic carbocycles. The number of rotatable bonds is 8. The lowest BCUT2D eigenvalue weighted by molar-refractivity contribution is -0.113. The van der Waals surface area contributed by atoms with E-state index in [1.165, 1.54) is 11.8 Å². The van der Waals surface area contributed by atoms with Gasteiger partial charge in [0.25, 0.3) is 0 Å². The lowest BCUT2D eigenvalue weighted by Crippen LogP contribution is -2.13. The minimum atomic E-state index is -0.108. The number of carbonyl (C=O) groups excluding carboxylic acids is 1. The molecule has 144 valence electrons. The van der Waals surface area contributed by atoms with Crippen molar-refractivity contribution in [2.75, 3.05) is 25.3 Å². The maximum absolute atomic E-state index is 12.0. The summed E-state index contributed by atoms with van der Waals surface area (Å²) in [6, 6.07) is 14.9. The van der Waals surface area contributed by atoms with E-state index in [1.807, 2.05) is 60.7 Å². The largest absolute Gasteiger partial charge is 0.493 e. The molecule has 1 amide bonds. The first-order chi connectivity index (χ1) is 13.7. The zero-order chi connectivity index (χ0) is 19.8. The fourth-order valence-electron chi connectivity index (χ4n) is 2.38. The van der Waals surface area contributed by atoms with Crippen molar-refractivity contribution in [2.24, 2.45) is 0 Å². The Morgan fingerprint density at radius 2 is 1.89 bits per heavy atom. The first-order valence-electron chi connectivity index (χ1n) is 8.48. The number of H-pyrrole nitrogens is 1. The van der Waals surface area contributed by atoms with Gasteiger partial charge in [-0.15, -0.1) is 5.10 Å². The third-order valence-corrected chi connectivity index (χ3v) is 4.56. The molecule has 0 bridgehead atoms. The van der Waals surface area contributed by atoms with Crippen LogP contribution in [0.5, 0.6) is 11.5 Å². The quantitative estimate of drug-likeness (QED) is 0.564. The molecule has 0 spiro atoms. The molecular formula is C20H20N4O3S. The molecule has 1 heterocycles. The molecule has 0 aliphatic carbocycles. The molecule has 0 unspecified atom stereocenters. The summed E-state index contributed by atoms with van der Waals surface area (Å²) in [7, 11) is 3.19. The number of nitrogens with zero attached hydrogens (tertiary/aromatic N) is 2. The molecule has 0 saturated heterocycles. The van der Waals surface area contributed by atoms with Crippen molar-refractivity contribution in [2.45, 2.75) is 5.16 Å². The van der Waals surface area contributed by atoms with Crippen LogP contribution in [-0.2, 0) is 4.79 Å². The van der Waals surface area contributed by atoms with E-state index in [9.17, 15) is 4.79 Å². The topological polar surface area (TPSA) is 89.1 Å². The van der Waals surface area contributed by atoms with E-state index in [2.05, 4.69) is 20.5 Å². The van der Waals surface area contributed by atoms with Gasteiger partial charge in [-0.3, -0.25) is 9.89 Å². The number of methoxy groups -OCH3 is 2. The van der Waals surface area contributed by atoms with E-state index in [4.69, 9.17) is 9.47 Å². The van der Waals surface area contributed by atoms with Crippen LogP contribution in [0.15, 0.2) is 53.7 Å². The Hall–Kier alpha value is -3.26. The molecular weight excluding hydrogens is 376 g/mol. The summed E-state index contributed by atoms with van der Waals surface area (Å²) in [5.74, 6) is 2.05. The van der Waals surface area contributed by atoms with E-state index in [0.29, 0.717) is 22.5 Å². The van der Waals surface area contributed by atoms with Crippen LogP contribution in [0.25, 0.3) is 12.2 Å². The average molecular weight is 396 g/mol. The van der Waals surface area contributed by atoms with Crippen molar-refractivity contribution in [3.05, 3.63) is 59.9 Å². The molecule has 0 atom stereocenters. The van der Waals surface area contributed by atoms with Gasteiger partial charge in [0.1, 0.15) is 5.82 Å². The summed E-state index contributed by atoms with van der Waals surface area (Å²) in [5, 5.41) is 10.3. The van der Waals surface area contributed by atoms with E-state index >= 15 is 0 Å². The highest BCUT2D eigenvalue weighted by Gasteiger charge is 2.07. The van der Waals surface area contributed by atoms with Gasteiger partial charge < -0.3 is 14.8 Å². The van der Waals surface area contributed by atoms with Gasteiger partial charge in [0.15, 0.2) is 11.5 Å². The van der Waals surface area contributed by atoms with Crippen LogP contribution in [0.1, 0.15) is 11.4 Å². The van der Waals surface area contributed by atoms with Crippen LogP contribution >= 0.6 is 11.8 Å². The number of aromatic amines is 1. The van der Waals surface area contributed by atoms with E-state index in [0.717, 1.165) is 11.3 Å². The third-order valence-electron chi connectivity index (χ3n) is 3.71. The predicted molar refractivity (Wildman–Crippen MR) is 111 cm³/mol. The average Bonchev–Trinajstić information content (AvgIpc) is 3.19. The normalized spacial score (nSPS) is 10.8. The van der Waals surface area contributed by atoms with Crippen molar-refractivity contribution < 1.29 is 14.3 Å². The van der Waals surface area contributed by atoms with Crippen molar-refractivity contribution in [1.29, 1.82) is 0 Å². The highest BCUT2D eigenvalue weighted by molar-refractivity contribution is 7.99. The summed E-state index contributed by atoms with van der Waals surface area (Å²) in [5.41, 5.74) is 1.70. The number of anilines is 1. The number of amides is 1. The second-order valence-electron chi connectivity index (χ2n) is 5.65. The van der Waals surface area contributed by atoms with E-state index in [1.54, 1.807) is 14.2 Å². The molecule has 28 heavy (non-hydrogen) atoms. The molecule has 0 fully saturated rings. The molecule has 1 aromatic heterocycles. The molecule has 0 saturated carbocycles. The maximum Gasteiger partial charge on any atom is 0.234 e. The number of para-hydroxylation sites is 1. The number of thioether (sulfide) groups is 1. The van der Waals surface area contributed by atoms with Crippen LogP contribution in [0.2, 0.25) is 0 Å². The zero-order valence-corrected chi connectivity index (χ0v) is 16.3. The summed E-state index contributed by atoms with van der Waals surface area (Å²) < 4.78 is 10.5. The molecule has 7 nitrogen and oxygen atoms in total. The smallest absolute Gasteiger partial charge is 0.234 e. The number of hydrogen-bond acceptors (Lipinski definition) is 6. The Balaban J connectivity index is 1.55. The predicted octanol–water partition coefficient (Wildman–Crippen LogP) is 3.72. The van der Waals surface area contributed by atoms with Crippen LogP contribution in [0, 0.1) is 0 Å². The van der Waals surface area contributed by atoms with Gasteiger partial charge in [0.2, 0.25) is 11.1 Å². The molecule has 0 aliphatic heterocycles. The van der Waals surface area contributed by atoms with Gasteiger partial charge in [0, 0.05) is 5.69 Å². The summed E-state index contributed by atoms with van der Waals surface area (Å²) in [4.78, 5) is 16.3. The number of aromatic nitrogens is 3. The molecule has 0 radical (unpaired) electrons. The van der Waals surface area contributed by atoms with Gasteiger partial charge in [0.05, 0.1) is 20.0 Å². The second-order valence-corrected chi connectivity index (χ2v) is 6.60. The second kappa shape index (κ2) is 9.61. The number of nitrogens with one attached hydrogen (secondary N) is 2. The minimum absolute atomic E-state index is 0.108. The van der Waals surface area contributed by atoms with Crippen LogP contribution in [0.3, 0.4) is 0 Å². The Labute approximate surface area is 167 Å². The van der Waals surface area contributed by atoms with Crippen molar-refractivity contribution in [3.63, 3.8) is 0 Å². The van der Waals surface area contributed by atoms with Crippen molar-refractivity contribution in [1.82, 2.24) is 15.2 Å². The van der Waals surface area contributed by atoms with Crippen LogP contribution < -0.4 is 14.8 Å². The number of carbonyl (C=O) groups is 1. The Morgan fingerprint density at radius 3 is 2.64 bits per heavy atom. The summed E-state index contributed by atoms with van der Waals surface area (Å²) in [6.07, 6.45) is 3.70. The maximum atomic E-state index is 12.0. The summed E-state index contributed by atoms with van der Waals surface area (Å²) in [6.45, 7) is 0. The molecule has 3 rings (SSSR count). The first kappa shape index (κ1) is 19.5. The van der Waals surface area contributed by atoms with E-state index < -0.39 is 0 Å². The highest BCUT2D eigenvalue weighted by Crippen LogP contribution is 2.28. The minimum Gasteiger partial charge on any atom is -0.493 e. The fourth-order valence-corrected chi connectivity index (χ4v) is 2.98. The zero-order valence-electron chi connectivity index (χ0n) is 15.5. The van der Waals surface area contributed by atoms with Crippen LogP contribution in [0.4, 0.5) is 5.69 Å². The highest BCUT2D eigenvalue weighted by atomic mass is 32.2. The first-order valence-corrected chi connectivity index (χ1v) is 9.46. The van der Waals surface area contributed by atoms with Gasteiger partial charge in [-0.2, -0.15) is 0 Å². The Morgan fingerprint density at radius 1 is 1.11 bits per heavy atom. The standard InChI is InChI=1S/C20H20N4O3S/c1-26-16-10-8-14(12-17(16)27-2)9-11-18-22-20(24-23-18)28-13-19(25)21-15-6-4-3-5-7-15/h3-12H,13H2,1-2H3,(H,21,25)(H,22,23,24). The van der Waals surface area contributed by atoms with Gasteiger partial charge in [-0.25, -0.2) is 4.98 Å². The molecule has 8 heteroatoms. The van der Waals surface area contributed by atoms with Crippen molar-refractivity contribution >= 4 is 35.5 Å². The number of benzene rings is 2. The molecule has 3 aromatic rings. The molecule has 2 N–H and O–H groups in total. The van der Waals surface area contributed by atoms with E-state index in [-0.39, 0.29) is 11.7 Å².